The topological polar surface area (TPSA) is 120 Å². The summed E-state index contributed by atoms with van der Waals surface area (Å²) >= 11 is 0. The molecule has 0 spiro atoms. The summed E-state index contributed by atoms with van der Waals surface area (Å²) < 4.78 is 33.6. The van der Waals surface area contributed by atoms with Gasteiger partial charge in [-0.05, 0) is 35.9 Å². The zero-order valence-corrected chi connectivity index (χ0v) is 16.6. The van der Waals surface area contributed by atoms with Crippen LogP contribution < -0.4 is 15.4 Å². The third-order valence-corrected chi connectivity index (χ3v) is 5.19. The Bertz CT molecular complexity index is 1150. The van der Waals surface area contributed by atoms with Crippen molar-refractivity contribution >= 4 is 27.5 Å². The summed E-state index contributed by atoms with van der Waals surface area (Å²) in [6.45, 7) is 0.669. The molecular weight excluding hydrogens is 406 g/mol. The van der Waals surface area contributed by atoms with E-state index in [1.165, 1.54) is 12.1 Å². The van der Waals surface area contributed by atoms with E-state index in [1.54, 1.807) is 30.7 Å². The molecule has 154 valence electrons. The van der Waals surface area contributed by atoms with Crippen molar-refractivity contribution in [1.82, 2.24) is 9.97 Å². The molecule has 3 N–H and O–H groups in total. The van der Waals surface area contributed by atoms with E-state index in [1.807, 2.05) is 35.2 Å². The normalized spacial score (nSPS) is 13.2. The largest absolute Gasteiger partial charge is 0.459 e. The highest BCUT2D eigenvalue weighted by Gasteiger charge is 2.20. The van der Waals surface area contributed by atoms with Gasteiger partial charge in [0, 0.05) is 11.9 Å². The molecular formula is C20H19N5O4S. The van der Waals surface area contributed by atoms with Gasteiger partial charge in [-0.1, -0.05) is 30.3 Å². The lowest BCUT2D eigenvalue weighted by molar-refractivity contribution is 0.0781. The number of nitrogens with zero attached hydrogens (tertiary/aromatic N) is 3. The maximum absolute atomic E-state index is 11.4. The molecule has 2 heterocycles. The van der Waals surface area contributed by atoms with Crippen molar-refractivity contribution in [3.05, 3.63) is 84.6 Å². The molecule has 4 rings (SSSR count). The van der Waals surface area contributed by atoms with Crippen molar-refractivity contribution in [3.8, 4) is 0 Å². The number of nitrogens with two attached hydrogens (primary N) is 1. The predicted octanol–water partition coefficient (Wildman–Crippen LogP) is 2.68. The number of benzene rings is 2. The van der Waals surface area contributed by atoms with E-state index < -0.39 is 10.0 Å². The minimum Gasteiger partial charge on any atom is -0.459 e. The van der Waals surface area contributed by atoms with Crippen molar-refractivity contribution in [3.63, 3.8) is 0 Å². The third kappa shape index (κ3) is 4.67. The van der Waals surface area contributed by atoms with Gasteiger partial charge < -0.3 is 14.8 Å². The highest BCUT2D eigenvalue weighted by atomic mass is 32.2. The minimum absolute atomic E-state index is 0.0297. The fourth-order valence-corrected chi connectivity index (χ4v) is 3.35. The minimum atomic E-state index is -3.75. The zero-order valence-electron chi connectivity index (χ0n) is 15.8. The molecule has 2 aromatic carbocycles. The lowest BCUT2D eigenvalue weighted by Gasteiger charge is -2.23. The highest BCUT2D eigenvalue weighted by molar-refractivity contribution is 7.89. The van der Waals surface area contributed by atoms with E-state index in [9.17, 15) is 8.42 Å². The van der Waals surface area contributed by atoms with Gasteiger partial charge in [-0.2, -0.15) is 4.98 Å². The number of hydrogen-bond acceptors (Lipinski definition) is 8. The van der Waals surface area contributed by atoms with Crippen LogP contribution in [0.1, 0.15) is 5.56 Å². The molecule has 0 aliphatic carbocycles. The van der Waals surface area contributed by atoms with Crippen molar-refractivity contribution in [2.75, 3.05) is 17.0 Å². The Morgan fingerprint density at radius 3 is 2.50 bits per heavy atom. The van der Waals surface area contributed by atoms with E-state index in [0.717, 1.165) is 5.56 Å². The Morgan fingerprint density at radius 2 is 1.83 bits per heavy atom. The molecule has 30 heavy (non-hydrogen) atoms. The summed E-state index contributed by atoms with van der Waals surface area (Å²) in [5, 5.41) is 8.19. The van der Waals surface area contributed by atoms with Gasteiger partial charge in [-0.15, -0.1) is 0 Å². The predicted molar refractivity (Wildman–Crippen MR) is 111 cm³/mol. The SMILES string of the molecule is NS(=O)(=O)c1ccc(Nc2nccc(N(Cc3ccccc3)C3=COCO3)n2)cc1. The lowest BCUT2D eigenvalue weighted by atomic mass is 10.2. The first-order chi connectivity index (χ1) is 14.5. The lowest BCUT2D eigenvalue weighted by Crippen LogP contribution is -2.23. The number of anilines is 3. The Kier molecular flexibility index (Phi) is 5.50. The molecule has 10 heteroatoms. The second kappa shape index (κ2) is 8.39. The van der Waals surface area contributed by atoms with Gasteiger partial charge >= 0.3 is 0 Å². The van der Waals surface area contributed by atoms with E-state index in [0.29, 0.717) is 29.9 Å². The number of primary sulfonamides is 1. The molecule has 0 atom stereocenters. The monoisotopic (exact) mass is 425 g/mol. The van der Waals surface area contributed by atoms with Crippen LogP contribution in [0.25, 0.3) is 0 Å². The molecule has 1 aromatic heterocycles. The molecule has 0 amide bonds. The Labute approximate surface area is 173 Å². The van der Waals surface area contributed by atoms with E-state index >= 15 is 0 Å². The Hall–Kier alpha value is -3.63. The standard InChI is InChI=1S/C20H19N5O4S/c21-30(26,27)17-8-6-16(7-9-17)23-20-22-11-10-18(24-20)25(19-13-28-14-29-19)12-15-4-2-1-3-5-15/h1-11,13H,12,14H2,(H2,21,26,27)(H,22,23,24). The van der Waals surface area contributed by atoms with Crippen LogP contribution in [-0.4, -0.2) is 25.2 Å². The fourth-order valence-electron chi connectivity index (χ4n) is 2.83. The molecule has 1 aliphatic heterocycles. The number of aromatic nitrogens is 2. The summed E-state index contributed by atoms with van der Waals surface area (Å²) in [4.78, 5) is 10.7. The molecule has 0 unspecified atom stereocenters. The maximum atomic E-state index is 11.4. The van der Waals surface area contributed by atoms with Gasteiger partial charge in [0.05, 0.1) is 11.4 Å². The van der Waals surface area contributed by atoms with Crippen molar-refractivity contribution in [1.29, 1.82) is 0 Å². The van der Waals surface area contributed by atoms with Crippen LogP contribution in [0.4, 0.5) is 17.5 Å². The van der Waals surface area contributed by atoms with Crippen LogP contribution in [0, 0.1) is 0 Å². The fraction of sp³-hybridized carbons (Fsp3) is 0.100. The first kappa shape index (κ1) is 19.7. The van der Waals surface area contributed by atoms with E-state index in [-0.39, 0.29) is 11.7 Å². The second-order valence-corrected chi connectivity index (χ2v) is 7.95. The molecule has 0 fully saturated rings. The first-order valence-corrected chi connectivity index (χ1v) is 10.5. The smallest absolute Gasteiger partial charge is 0.238 e. The van der Waals surface area contributed by atoms with Crippen LogP contribution >= 0.6 is 0 Å². The van der Waals surface area contributed by atoms with Crippen LogP contribution in [0.2, 0.25) is 0 Å². The van der Waals surface area contributed by atoms with E-state index in [4.69, 9.17) is 14.6 Å². The number of hydrogen-bond donors (Lipinski definition) is 2. The summed E-state index contributed by atoms with van der Waals surface area (Å²) in [6, 6.07) is 17.7. The third-order valence-electron chi connectivity index (χ3n) is 4.26. The van der Waals surface area contributed by atoms with E-state index in [2.05, 4.69) is 15.3 Å². The summed E-state index contributed by atoms with van der Waals surface area (Å²) in [5.74, 6) is 1.49. The number of ether oxygens (including phenoxy) is 2. The number of nitrogens with one attached hydrogen (secondary N) is 1. The Balaban J connectivity index is 1.58. The van der Waals surface area contributed by atoms with Crippen LogP contribution in [0.5, 0.6) is 0 Å². The van der Waals surface area contributed by atoms with Gasteiger partial charge in [0.15, 0.2) is 0 Å². The van der Waals surface area contributed by atoms with Gasteiger partial charge in [0.25, 0.3) is 0 Å². The van der Waals surface area contributed by atoms with Crippen molar-refractivity contribution in [2.45, 2.75) is 11.4 Å². The molecule has 1 aliphatic rings. The van der Waals surface area contributed by atoms with Crippen LogP contribution in [0.3, 0.4) is 0 Å². The number of rotatable bonds is 7. The number of sulfonamides is 1. The molecule has 0 saturated carbocycles. The molecule has 0 bridgehead atoms. The van der Waals surface area contributed by atoms with Gasteiger partial charge in [-0.25, -0.2) is 18.5 Å². The molecule has 0 saturated heterocycles. The van der Waals surface area contributed by atoms with Gasteiger partial charge in [0.1, 0.15) is 12.1 Å². The first-order valence-electron chi connectivity index (χ1n) is 8.98. The average molecular weight is 425 g/mol. The van der Waals surface area contributed by atoms with Crippen molar-refractivity contribution < 1.29 is 17.9 Å². The Morgan fingerprint density at radius 1 is 1.07 bits per heavy atom. The summed E-state index contributed by atoms with van der Waals surface area (Å²) in [7, 11) is -3.75. The summed E-state index contributed by atoms with van der Waals surface area (Å²) in [6.07, 6.45) is 3.17. The maximum Gasteiger partial charge on any atom is 0.238 e. The second-order valence-electron chi connectivity index (χ2n) is 6.39. The van der Waals surface area contributed by atoms with Crippen LogP contribution in [0.15, 0.2) is 83.9 Å². The quantitative estimate of drug-likeness (QED) is 0.593. The molecule has 0 radical (unpaired) electrons. The molecule has 9 nitrogen and oxygen atoms in total. The van der Waals surface area contributed by atoms with Crippen molar-refractivity contribution in [2.24, 2.45) is 5.14 Å². The average Bonchev–Trinajstić information content (AvgIpc) is 3.27. The highest BCUT2D eigenvalue weighted by Crippen LogP contribution is 2.25. The van der Waals surface area contributed by atoms with Gasteiger partial charge in [-0.3, -0.25) is 4.90 Å². The summed E-state index contributed by atoms with van der Waals surface area (Å²) in [5.41, 5.74) is 1.69. The zero-order chi connectivity index (χ0) is 21.0. The van der Waals surface area contributed by atoms with Gasteiger partial charge in [0.2, 0.25) is 28.6 Å². The van der Waals surface area contributed by atoms with Crippen LogP contribution in [-0.2, 0) is 26.0 Å². The molecule has 3 aromatic rings.